The maximum atomic E-state index is 11.0. The van der Waals surface area contributed by atoms with Crippen LogP contribution in [-0.4, -0.2) is 38.6 Å². The minimum absolute atomic E-state index is 0.0444. The third-order valence-corrected chi connectivity index (χ3v) is 3.29. The molecule has 0 bridgehead atoms. The second-order valence-corrected chi connectivity index (χ2v) is 4.59. The molecule has 0 radical (unpaired) electrons. The number of nitro groups is 1. The number of aryl methyl sites for hydroxylation is 1. The number of carboxylic acid groups (broad SMARTS) is 1. The third kappa shape index (κ3) is 1.89. The van der Waals surface area contributed by atoms with E-state index in [9.17, 15) is 14.9 Å². The summed E-state index contributed by atoms with van der Waals surface area (Å²) in [6, 6.07) is 0. The lowest BCUT2D eigenvalue weighted by Gasteiger charge is -2.16. The Morgan fingerprint density at radius 3 is 2.78 bits per heavy atom. The van der Waals surface area contributed by atoms with Crippen molar-refractivity contribution in [1.82, 2.24) is 9.55 Å². The Hall–Kier alpha value is -2.12. The Bertz CT molecular complexity index is 498. The average molecular weight is 254 g/mol. The van der Waals surface area contributed by atoms with E-state index in [1.807, 2.05) is 6.92 Å². The van der Waals surface area contributed by atoms with E-state index in [-0.39, 0.29) is 18.3 Å². The van der Waals surface area contributed by atoms with E-state index in [0.29, 0.717) is 12.4 Å². The predicted molar refractivity (Wildman–Crippen MR) is 62.4 cm³/mol. The van der Waals surface area contributed by atoms with Gasteiger partial charge < -0.3 is 20.1 Å². The van der Waals surface area contributed by atoms with Crippen LogP contribution in [0.1, 0.15) is 6.92 Å². The first-order valence-electron chi connectivity index (χ1n) is 5.55. The number of hydrogen-bond acceptors (Lipinski definition) is 5. The normalized spacial score (nSPS) is 23.3. The molecule has 8 heteroatoms. The summed E-state index contributed by atoms with van der Waals surface area (Å²) in [6.45, 7) is 2.59. The van der Waals surface area contributed by atoms with Crippen molar-refractivity contribution in [3.8, 4) is 0 Å². The minimum atomic E-state index is -0.866. The standard InChI is InChI=1S/C10H14N4O4/c1-6-3-13(4-7(6)10(15)16)9-8(14(17)18)11-5-12(9)2/h5-7H,3-4H2,1-2H3,(H,15,16)/t6-,7-/m1/s1. The van der Waals surface area contributed by atoms with Gasteiger partial charge in [0.1, 0.15) is 0 Å². The largest absolute Gasteiger partial charge is 0.481 e. The molecular weight excluding hydrogens is 240 g/mol. The minimum Gasteiger partial charge on any atom is -0.481 e. The molecule has 8 nitrogen and oxygen atoms in total. The number of rotatable bonds is 3. The van der Waals surface area contributed by atoms with Gasteiger partial charge in [-0.2, -0.15) is 0 Å². The number of imidazole rings is 1. The predicted octanol–water partition coefficient (Wildman–Crippen LogP) is 0.485. The molecule has 2 atom stereocenters. The Morgan fingerprint density at radius 1 is 1.61 bits per heavy atom. The van der Waals surface area contributed by atoms with Gasteiger partial charge in [-0.25, -0.2) is 0 Å². The summed E-state index contributed by atoms with van der Waals surface area (Å²) in [4.78, 5) is 26.8. The van der Waals surface area contributed by atoms with Crippen LogP contribution < -0.4 is 4.90 Å². The molecule has 2 rings (SSSR count). The topological polar surface area (TPSA) is 101 Å². The maximum Gasteiger partial charge on any atom is 0.406 e. The van der Waals surface area contributed by atoms with Gasteiger partial charge in [0.05, 0.1) is 5.92 Å². The molecule has 0 saturated carbocycles. The SMILES string of the molecule is C[C@@H]1CN(c2c([N+](=O)[O-])ncn2C)C[C@H]1C(=O)O. The lowest BCUT2D eigenvalue weighted by Crippen LogP contribution is -2.25. The Morgan fingerprint density at radius 2 is 2.28 bits per heavy atom. The van der Waals surface area contributed by atoms with Gasteiger partial charge in [0.25, 0.3) is 0 Å². The average Bonchev–Trinajstić information content (AvgIpc) is 2.81. The van der Waals surface area contributed by atoms with Crippen molar-refractivity contribution >= 4 is 17.6 Å². The van der Waals surface area contributed by atoms with Gasteiger partial charge in [0.15, 0.2) is 0 Å². The molecule has 1 aliphatic heterocycles. The van der Waals surface area contributed by atoms with Gasteiger partial charge >= 0.3 is 11.8 Å². The number of carbonyl (C=O) groups is 1. The molecule has 2 heterocycles. The van der Waals surface area contributed by atoms with Crippen molar-refractivity contribution in [2.75, 3.05) is 18.0 Å². The zero-order valence-electron chi connectivity index (χ0n) is 10.1. The molecular formula is C10H14N4O4. The van der Waals surface area contributed by atoms with Crippen LogP contribution in [0.5, 0.6) is 0 Å². The van der Waals surface area contributed by atoms with Crippen LogP contribution in [0.15, 0.2) is 6.33 Å². The number of nitrogens with zero attached hydrogens (tertiary/aromatic N) is 4. The molecule has 0 unspecified atom stereocenters. The van der Waals surface area contributed by atoms with Crippen molar-refractivity contribution in [2.24, 2.45) is 18.9 Å². The van der Waals surface area contributed by atoms with Crippen LogP contribution in [0.3, 0.4) is 0 Å². The fourth-order valence-electron chi connectivity index (χ4n) is 2.37. The number of anilines is 1. The van der Waals surface area contributed by atoms with Gasteiger partial charge in [0, 0.05) is 20.1 Å². The summed E-state index contributed by atoms with van der Waals surface area (Å²) >= 11 is 0. The van der Waals surface area contributed by atoms with E-state index in [1.54, 1.807) is 16.5 Å². The lowest BCUT2D eigenvalue weighted by molar-refractivity contribution is -0.388. The summed E-state index contributed by atoms with van der Waals surface area (Å²) in [5.41, 5.74) is 0. The van der Waals surface area contributed by atoms with E-state index < -0.39 is 16.8 Å². The van der Waals surface area contributed by atoms with E-state index in [0.717, 1.165) is 0 Å². The molecule has 0 aliphatic carbocycles. The molecule has 0 aromatic carbocycles. The molecule has 1 aromatic rings. The number of aliphatic carboxylic acids is 1. The summed E-state index contributed by atoms with van der Waals surface area (Å²) in [5, 5.41) is 19.9. The fourth-order valence-corrected chi connectivity index (χ4v) is 2.37. The highest BCUT2D eigenvalue weighted by molar-refractivity contribution is 5.73. The van der Waals surface area contributed by atoms with Gasteiger partial charge in [0.2, 0.25) is 12.1 Å². The molecule has 0 amide bonds. The molecule has 1 N–H and O–H groups in total. The van der Waals surface area contributed by atoms with Crippen molar-refractivity contribution in [3.05, 3.63) is 16.4 Å². The highest BCUT2D eigenvalue weighted by Gasteiger charge is 2.38. The molecule has 1 aromatic heterocycles. The highest BCUT2D eigenvalue weighted by Crippen LogP contribution is 2.33. The first kappa shape index (κ1) is 12.3. The van der Waals surface area contributed by atoms with E-state index in [2.05, 4.69) is 4.98 Å². The first-order valence-corrected chi connectivity index (χ1v) is 5.55. The summed E-state index contributed by atoms with van der Waals surface area (Å²) in [6.07, 6.45) is 1.37. The third-order valence-electron chi connectivity index (χ3n) is 3.29. The summed E-state index contributed by atoms with van der Waals surface area (Å²) in [5.74, 6) is -1.27. The molecule has 0 spiro atoms. The van der Waals surface area contributed by atoms with Crippen LogP contribution in [0.25, 0.3) is 0 Å². The number of hydrogen-bond donors (Lipinski definition) is 1. The van der Waals surface area contributed by atoms with Crippen LogP contribution in [0.4, 0.5) is 11.6 Å². The van der Waals surface area contributed by atoms with Crippen LogP contribution >= 0.6 is 0 Å². The van der Waals surface area contributed by atoms with Crippen molar-refractivity contribution < 1.29 is 14.8 Å². The summed E-state index contributed by atoms with van der Waals surface area (Å²) < 4.78 is 1.55. The van der Waals surface area contributed by atoms with E-state index in [4.69, 9.17) is 5.11 Å². The van der Waals surface area contributed by atoms with E-state index in [1.165, 1.54) is 6.33 Å². The van der Waals surface area contributed by atoms with Crippen LogP contribution in [-0.2, 0) is 11.8 Å². The number of aromatic nitrogens is 2. The molecule has 98 valence electrons. The van der Waals surface area contributed by atoms with Crippen LogP contribution in [0.2, 0.25) is 0 Å². The van der Waals surface area contributed by atoms with Crippen molar-refractivity contribution in [3.63, 3.8) is 0 Å². The second kappa shape index (κ2) is 4.28. The molecule has 18 heavy (non-hydrogen) atoms. The molecule has 1 aliphatic rings. The van der Waals surface area contributed by atoms with Gasteiger partial charge in [-0.05, 0) is 15.8 Å². The Balaban J connectivity index is 2.31. The van der Waals surface area contributed by atoms with Crippen molar-refractivity contribution in [2.45, 2.75) is 6.92 Å². The quantitative estimate of drug-likeness (QED) is 0.622. The smallest absolute Gasteiger partial charge is 0.406 e. The van der Waals surface area contributed by atoms with Gasteiger partial charge in [-0.3, -0.25) is 9.36 Å². The Kier molecular flexibility index (Phi) is 2.93. The fraction of sp³-hybridized carbons (Fsp3) is 0.600. The lowest BCUT2D eigenvalue weighted by atomic mass is 9.99. The van der Waals surface area contributed by atoms with Gasteiger partial charge in [-0.15, -0.1) is 0 Å². The Labute approximate surface area is 103 Å². The van der Waals surface area contributed by atoms with Crippen molar-refractivity contribution in [1.29, 1.82) is 0 Å². The van der Waals surface area contributed by atoms with Gasteiger partial charge in [-0.1, -0.05) is 6.92 Å². The van der Waals surface area contributed by atoms with Crippen LogP contribution in [0, 0.1) is 22.0 Å². The first-order chi connectivity index (χ1) is 8.41. The zero-order valence-corrected chi connectivity index (χ0v) is 10.1. The monoisotopic (exact) mass is 254 g/mol. The molecule has 1 fully saturated rings. The highest BCUT2D eigenvalue weighted by atomic mass is 16.6. The maximum absolute atomic E-state index is 11.0. The number of carboxylic acids is 1. The summed E-state index contributed by atoms with van der Waals surface area (Å²) in [7, 11) is 1.66. The van der Waals surface area contributed by atoms with E-state index >= 15 is 0 Å². The molecule has 1 saturated heterocycles. The zero-order chi connectivity index (χ0) is 13.4. The second-order valence-electron chi connectivity index (χ2n) is 4.59.